The number of nitrogens with zero attached hydrogens (tertiary/aromatic N) is 3. The summed E-state index contributed by atoms with van der Waals surface area (Å²) >= 11 is 0. The Morgan fingerprint density at radius 2 is 2.48 bits per heavy atom. The van der Waals surface area contributed by atoms with Gasteiger partial charge in [-0.3, -0.25) is 9.89 Å². The van der Waals surface area contributed by atoms with Crippen LogP contribution in [0.15, 0.2) is 18.3 Å². The van der Waals surface area contributed by atoms with Crippen LogP contribution < -0.4 is 5.32 Å². The van der Waals surface area contributed by atoms with Crippen LogP contribution in [0.1, 0.15) is 12.1 Å². The molecule has 21 heavy (non-hydrogen) atoms. The van der Waals surface area contributed by atoms with Crippen LogP contribution in [0.25, 0.3) is 11.0 Å². The molecule has 1 fully saturated rings. The molecule has 112 valence electrons. The van der Waals surface area contributed by atoms with Gasteiger partial charge in [0, 0.05) is 24.7 Å². The van der Waals surface area contributed by atoms with E-state index in [0.717, 1.165) is 17.6 Å². The molecule has 3 heterocycles. The molecular formula is C14H19N5O2. The van der Waals surface area contributed by atoms with Crippen molar-refractivity contribution in [1.82, 2.24) is 25.4 Å². The van der Waals surface area contributed by atoms with Gasteiger partial charge in [-0.05, 0) is 25.6 Å². The lowest BCUT2D eigenvalue weighted by molar-refractivity contribution is -0.131. The standard InChI is InChI=1S/C14H19N5O2/c1-19-6-4-12(20)10(8-19)14(21)16-7-11-9-3-2-5-15-13(9)18-17-11/h2-3,5,10,12,20H,4,6-8H2,1H3,(H,16,21)(H,15,17,18)/t10-,12-/m1/s1. The van der Waals surface area contributed by atoms with E-state index >= 15 is 0 Å². The number of pyridine rings is 1. The number of likely N-dealkylation sites (tertiary alicyclic amines) is 1. The third kappa shape index (κ3) is 2.88. The number of piperidine rings is 1. The highest BCUT2D eigenvalue weighted by Gasteiger charge is 2.31. The van der Waals surface area contributed by atoms with Gasteiger partial charge in [-0.15, -0.1) is 0 Å². The largest absolute Gasteiger partial charge is 0.392 e. The number of aliphatic hydroxyl groups excluding tert-OH is 1. The fourth-order valence-corrected chi connectivity index (χ4v) is 2.70. The Hall–Kier alpha value is -1.99. The molecule has 0 spiro atoms. The van der Waals surface area contributed by atoms with Crippen LogP contribution in [0.4, 0.5) is 0 Å². The molecule has 0 saturated carbocycles. The molecule has 7 heteroatoms. The van der Waals surface area contributed by atoms with Gasteiger partial charge in [-0.25, -0.2) is 4.98 Å². The van der Waals surface area contributed by atoms with Gasteiger partial charge < -0.3 is 15.3 Å². The smallest absolute Gasteiger partial charge is 0.227 e. The van der Waals surface area contributed by atoms with Crippen molar-refractivity contribution in [1.29, 1.82) is 0 Å². The van der Waals surface area contributed by atoms with Crippen molar-refractivity contribution in [3.63, 3.8) is 0 Å². The van der Waals surface area contributed by atoms with Crippen LogP contribution in [0.2, 0.25) is 0 Å². The Morgan fingerprint density at radius 1 is 1.62 bits per heavy atom. The maximum Gasteiger partial charge on any atom is 0.227 e. The molecule has 2 aromatic heterocycles. The Balaban J connectivity index is 1.65. The third-order valence-electron chi connectivity index (χ3n) is 3.96. The number of hydrogen-bond donors (Lipinski definition) is 3. The summed E-state index contributed by atoms with van der Waals surface area (Å²) in [5.74, 6) is -0.503. The van der Waals surface area contributed by atoms with Crippen molar-refractivity contribution in [3.05, 3.63) is 24.0 Å². The number of fused-ring (bicyclic) bond motifs is 1. The van der Waals surface area contributed by atoms with Crippen LogP contribution in [-0.4, -0.2) is 57.3 Å². The number of rotatable bonds is 3. The van der Waals surface area contributed by atoms with E-state index in [4.69, 9.17) is 0 Å². The zero-order valence-electron chi connectivity index (χ0n) is 11.9. The summed E-state index contributed by atoms with van der Waals surface area (Å²) in [6.45, 7) is 1.76. The first kappa shape index (κ1) is 14.0. The Bertz CT molecular complexity index is 641. The molecule has 1 saturated heterocycles. The number of aliphatic hydroxyl groups is 1. The molecule has 1 aliphatic rings. The molecular weight excluding hydrogens is 270 g/mol. The van der Waals surface area contributed by atoms with E-state index in [1.54, 1.807) is 6.20 Å². The van der Waals surface area contributed by atoms with E-state index in [-0.39, 0.29) is 11.8 Å². The second kappa shape index (κ2) is 5.79. The highest BCUT2D eigenvalue weighted by atomic mass is 16.3. The third-order valence-corrected chi connectivity index (χ3v) is 3.96. The monoisotopic (exact) mass is 289 g/mol. The van der Waals surface area contributed by atoms with Crippen molar-refractivity contribution in [2.45, 2.75) is 19.1 Å². The van der Waals surface area contributed by atoms with Crippen LogP contribution in [0, 0.1) is 5.92 Å². The number of carbonyl (C=O) groups excluding carboxylic acids is 1. The normalized spacial score (nSPS) is 23.3. The summed E-state index contributed by atoms with van der Waals surface area (Å²) < 4.78 is 0. The number of amides is 1. The maximum absolute atomic E-state index is 12.2. The fraction of sp³-hybridized carbons (Fsp3) is 0.500. The van der Waals surface area contributed by atoms with Crippen LogP contribution in [0.5, 0.6) is 0 Å². The minimum absolute atomic E-state index is 0.124. The maximum atomic E-state index is 12.2. The number of aromatic amines is 1. The quantitative estimate of drug-likeness (QED) is 0.733. The van der Waals surface area contributed by atoms with Gasteiger partial charge in [0.1, 0.15) is 0 Å². The zero-order chi connectivity index (χ0) is 14.8. The average Bonchev–Trinajstić information content (AvgIpc) is 2.90. The number of aromatic nitrogens is 3. The first-order chi connectivity index (χ1) is 10.1. The molecule has 1 aliphatic heterocycles. The number of nitrogens with one attached hydrogen (secondary N) is 2. The molecule has 0 bridgehead atoms. The summed E-state index contributed by atoms with van der Waals surface area (Å²) in [6.07, 6.45) is 1.74. The average molecular weight is 289 g/mol. The van der Waals surface area contributed by atoms with Gasteiger partial charge in [0.15, 0.2) is 5.65 Å². The minimum Gasteiger partial charge on any atom is -0.392 e. The molecule has 0 aromatic carbocycles. The predicted molar refractivity (Wildman–Crippen MR) is 77.3 cm³/mol. The molecule has 1 amide bonds. The zero-order valence-corrected chi connectivity index (χ0v) is 11.9. The summed E-state index contributed by atoms with van der Waals surface area (Å²) in [5.41, 5.74) is 1.46. The van der Waals surface area contributed by atoms with Crippen LogP contribution in [0.3, 0.4) is 0 Å². The molecule has 2 aromatic rings. The Labute approximate surface area is 122 Å². The van der Waals surface area contributed by atoms with E-state index in [0.29, 0.717) is 25.2 Å². The van der Waals surface area contributed by atoms with Gasteiger partial charge in [0.05, 0.1) is 24.3 Å². The number of carbonyl (C=O) groups is 1. The van der Waals surface area contributed by atoms with Crippen LogP contribution in [-0.2, 0) is 11.3 Å². The molecule has 3 rings (SSSR count). The Morgan fingerprint density at radius 3 is 3.33 bits per heavy atom. The predicted octanol–water partition coefficient (Wildman–Crippen LogP) is -0.113. The van der Waals surface area contributed by atoms with Crippen molar-refractivity contribution in [3.8, 4) is 0 Å². The summed E-state index contributed by atoms with van der Waals surface area (Å²) in [5, 5.41) is 20.7. The van der Waals surface area contributed by atoms with E-state index in [1.165, 1.54) is 0 Å². The van der Waals surface area contributed by atoms with Gasteiger partial charge in [-0.2, -0.15) is 5.10 Å². The molecule has 0 unspecified atom stereocenters. The Kier molecular flexibility index (Phi) is 3.85. The van der Waals surface area contributed by atoms with Gasteiger partial charge in [0.25, 0.3) is 0 Å². The summed E-state index contributed by atoms with van der Waals surface area (Å²) in [7, 11) is 1.96. The lowest BCUT2D eigenvalue weighted by atomic mass is 9.94. The minimum atomic E-state index is -0.568. The van der Waals surface area contributed by atoms with Crippen LogP contribution >= 0.6 is 0 Å². The van der Waals surface area contributed by atoms with E-state index in [2.05, 4.69) is 25.4 Å². The summed E-state index contributed by atoms with van der Waals surface area (Å²) in [4.78, 5) is 18.4. The first-order valence-corrected chi connectivity index (χ1v) is 7.07. The van der Waals surface area contributed by atoms with E-state index in [1.807, 2.05) is 19.2 Å². The molecule has 2 atom stereocenters. The number of H-pyrrole nitrogens is 1. The van der Waals surface area contributed by atoms with Crippen molar-refractivity contribution in [2.75, 3.05) is 20.1 Å². The van der Waals surface area contributed by atoms with Crippen molar-refractivity contribution < 1.29 is 9.90 Å². The fourth-order valence-electron chi connectivity index (χ4n) is 2.70. The first-order valence-electron chi connectivity index (χ1n) is 7.07. The molecule has 0 aliphatic carbocycles. The molecule has 3 N–H and O–H groups in total. The summed E-state index contributed by atoms with van der Waals surface area (Å²) in [6, 6.07) is 3.75. The molecule has 0 radical (unpaired) electrons. The van der Waals surface area contributed by atoms with E-state index < -0.39 is 6.10 Å². The van der Waals surface area contributed by atoms with Gasteiger partial charge >= 0.3 is 0 Å². The highest BCUT2D eigenvalue weighted by Crippen LogP contribution is 2.17. The van der Waals surface area contributed by atoms with E-state index in [9.17, 15) is 9.90 Å². The lowest BCUT2D eigenvalue weighted by Crippen LogP contribution is -2.48. The van der Waals surface area contributed by atoms with Crippen molar-refractivity contribution >= 4 is 16.9 Å². The molecule has 7 nitrogen and oxygen atoms in total. The highest BCUT2D eigenvalue weighted by molar-refractivity contribution is 5.81. The van der Waals surface area contributed by atoms with Gasteiger partial charge in [-0.1, -0.05) is 0 Å². The second-order valence-electron chi connectivity index (χ2n) is 5.52. The lowest BCUT2D eigenvalue weighted by Gasteiger charge is -2.32. The van der Waals surface area contributed by atoms with Gasteiger partial charge in [0.2, 0.25) is 5.91 Å². The SMILES string of the molecule is CN1CC[C@@H](O)[C@H](C(=O)NCc2[nH]nc3ncccc23)C1. The topological polar surface area (TPSA) is 94.1 Å². The number of hydrogen-bond acceptors (Lipinski definition) is 5. The van der Waals surface area contributed by atoms with Crippen molar-refractivity contribution in [2.24, 2.45) is 5.92 Å². The second-order valence-corrected chi connectivity index (χ2v) is 5.52.